The van der Waals surface area contributed by atoms with Crippen LogP contribution in [0.2, 0.25) is 10.0 Å². The molecule has 0 aromatic heterocycles. The summed E-state index contributed by atoms with van der Waals surface area (Å²) < 4.78 is 0. The van der Waals surface area contributed by atoms with Gasteiger partial charge in [-0.15, -0.1) is 0 Å². The summed E-state index contributed by atoms with van der Waals surface area (Å²) in [6.07, 6.45) is 4.95. The molecule has 0 saturated heterocycles. The average Bonchev–Trinajstić information content (AvgIpc) is 2.67. The van der Waals surface area contributed by atoms with Gasteiger partial charge in [0.25, 0.3) is 0 Å². The summed E-state index contributed by atoms with van der Waals surface area (Å²) in [5.41, 5.74) is 0.818. The molecule has 0 spiro atoms. The molecule has 0 aliphatic heterocycles. The van der Waals surface area contributed by atoms with Crippen LogP contribution in [0, 0.1) is 0 Å². The van der Waals surface area contributed by atoms with Crippen molar-refractivity contribution in [2.45, 2.75) is 31.7 Å². The number of rotatable bonds is 2. The highest BCUT2D eigenvalue weighted by molar-refractivity contribution is 7.80. The van der Waals surface area contributed by atoms with Gasteiger partial charge in [-0.1, -0.05) is 36.0 Å². The Morgan fingerprint density at radius 3 is 2.29 bits per heavy atom. The highest BCUT2D eigenvalue weighted by atomic mass is 35.5. The molecule has 0 bridgehead atoms. The van der Waals surface area contributed by atoms with Gasteiger partial charge in [-0.25, -0.2) is 0 Å². The fourth-order valence-electron chi connectivity index (χ4n) is 2.05. The first-order valence-corrected chi connectivity index (χ1v) is 6.83. The average molecular weight is 289 g/mol. The topological polar surface area (TPSA) is 24.1 Å². The van der Waals surface area contributed by atoms with Crippen molar-refractivity contribution in [3.63, 3.8) is 0 Å². The Kier molecular flexibility index (Phi) is 4.48. The molecule has 17 heavy (non-hydrogen) atoms. The van der Waals surface area contributed by atoms with Crippen LogP contribution in [0.15, 0.2) is 18.2 Å². The van der Waals surface area contributed by atoms with Crippen molar-refractivity contribution >= 4 is 46.2 Å². The zero-order valence-electron chi connectivity index (χ0n) is 9.30. The molecular weight excluding hydrogens is 275 g/mol. The minimum absolute atomic E-state index is 0.504. The van der Waals surface area contributed by atoms with E-state index in [1.165, 1.54) is 25.7 Å². The number of anilines is 1. The lowest BCUT2D eigenvalue weighted by molar-refractivity contribution is 0.634. The predicted molar refractivity (Wildman–Crippen MR) is 78.1 cm³/mol. The SMILES string of the molecule is S=C(Nc1cc(Cl)cc(Cl)c1)NC1CCCC1. The normalized spacial score (nSPS) is 15.9. The van der Waals surface area contributed by atoms with E-state index in [0.29, 0.717) is 21.2 Å². The van der Waals surface area contributed by atoms with Gasteiger partial charge in [0, 0.05) is 21.8 Å². The van der Waals surface area contributed by atoms with Crippen molar-refractivity contribution in [2.24, 2.45) is 0 Å². The summed E-state index contributed by atoms with van der Waals surface area (Å²) >= 11 is 17.1. The fraction of sp³-hybridized carbons (Fsp3) is 0.417. The van der Waals surface area contributed by atoms with Crippen LogP contribution in [-0.4, -0.2) is 11.2 Å². The standard InChI is InChI=1S/C12H14Cl2N2S/c13-8-5-9(14)7-11(6-8)16-12(17)15-10-3-1-2-4-10/h5-7,10H,1-4H2,(H2,15,16,17). The Labute approximate surface area is 117 Å². The number of nitrogens with one attached hydrogen (secondary N) is 2. The van der Waals surface area contributed by atoms with E-state index in [1.54, 1.807) is 18.2 Å². The molecule has 0 heterocycles. The second-order valence-electron chi connectivity index (χ2n) is 4.24. The largest absolute Gasteiger partial charge is 0.360 e. The third kappa shape index (κ3) is 4.02. The van der Waals surface area contributed by atoms with Crippen molar-refractivity contribution in [1.29, 1.82) is 0 Å². The highest BCUT2D eigenvalue weighted by Crippen LogP contribution is 2.23. The van der Waals surface area contributed by atoms with Gasteiger partial charge < -0.3 is 10.6 Å². The fourth-order valence-corrected chi connectivity index (χ4v) is 2.86. The van der Waals surface area contributed by atoms with Crippen molar-refractivity contribution < 1.29 is 0 Å². The number of halogens is 2. The number of hydrogen-bond acceptors (Lipinski definition) is 1. The van der Waals surface area contributed by atoms with Gasteiger partial charge in [0.15, 0.2) is 5.11 Å². The van der Waals surface area contributed by atoms with Gasteiger partial charge in [0.05, 0.1) is 0 Å². The molecule has 1 aromatic carbocycles. The molecule has 0 unspecified atom stereocenters. The number of benzene rings is 1. The van der Waals surface area contributed by atoms with E-state index in [4.69, 9.17) is 35.4 Å². The van der Waals surface area contributed by atoms with E-state index < -0.39 is 0 Å². The summed E-state index contributed by atoms with van der Waals surface area (Å²) in [5.74, 6) is 0. The van der Waals surface area contributed by atoms with Crippen LogP contribution in [0.3, 0.4) is 0 Å². The molecule has 1 fully saturated rings. The smallest absolute Gasteiger partial charge is 0.170 e. The molecule has 0 atom stereocenters. The van der Waals surface area contributed by atoms with Crippen LogP contribution in [0.5, 0.6) is 0 Å². The zero-order chi connectivity index (χ0) is 12.3. The maximum Gasteiger partial charge on any atom is 0.170 e. The van der Waals surface area contributed by atoms with Gasteiger partial charge in [0.1, 0.15) is 0 Å². The van der Waals surface area contributed by atoms with Gasteiger partial charge in [-0.05, 0) is 43.3 Å². The Balaban J connectivity index is 1.92. The minimum Gasteiger partial charge on any atom is -0.360 e. The van der Waals surface area contributed by atoms with Gasteiger partial charge in [-0.2, -0.15) is 0 Å². The van der Waals surface area contributed by atoms with Crippen LogP contribution in [0.1, 0.15) is 25.7 Å². The third-order valence-electron chi connectivity index (χ3n) is 2.81. The van der Waals surface area contributed by atoms with Gasteiger partial charge in [0.2, 0.25) is 0 Å². The van der Waals surface area contributed by atoms with Crippen molar-refractivity contribution in [1.82, 2.24) is 5.32 Å². The van der Waals surface area contributed by atoms with Crippen LogP contribution < -0.4 is 10.6 Å². The molecule has 2 rings (SSSR count). The highest BCUT2D eigenvalue weighted by Gasteiger charge is 2.15. The van der Waals surface area contributed by atoms with Crippen LogP contribution in [0.4, 0.5) is 5.69 Å². The molecule has 1 aliphatic carbocycles. The lowest BCUT2D eigenvalue weighted by Gasteiger charge is -2.15. The first-order valence-electron chi connectivity index (χ1n) is 5.67. The third-order valence-corrected chi connectivity index (χ3v) is 3.47. The van der Waals surface area contributed by atoms with Crippen LogP contribution in [0.25, 0.3) is 0 Å². The molecule has 0 radical (unpaired) electrons. The zero-order valence-corrected chi connectivity index (χ0v) is 11.6. The van der Waals surface area contributed by atoms with Crippen LogP contribution >= 0.6 is 35.4 Å². The summed E-state index contributed by atoms with van der Waals surface area (Å²) in [6.45, 7) is 0. The van der Waals surface area contributed by atoms with E-state index in [9.17, 15) is 0 Å². The van der Waals surface area contributed by atoms with Gasteiger partial charge in [-0.3, -0.25) is 0 Å². The van der Waals surface area contributed by atoms with E-state index in [0.717, 1.165) is 5.69 Å². The van der Waals surface area contributed by atoms with Crippen molar-refractivity contribution in [3.05, 3.63) is 28.2 Å². The molecule has 1 saturated carbocycles. The van der Waals surface area contributed by atoms with E-state index in [-0.39, 0.29) is 0 Å². The maximum absolute atomic E-state index is 5.92. The molecule has 2 N–H and O–H groups in total. The van der Waals surface area contributed by atoms with Crippen molar-refractivity contribution in [3.8, 4) is 0 Å². The molecule has 1 aromatic rings. The minimum atomic E-state index is 0.504. The second-order valence-corrected chi connectivity index (χ2v) is 5.52. The Hall–Kier alpha value is -0.510. The van der Waals surface area contributed by atoms with Crippen molar-refractivity contribution in [2.75, 3.05) is 5.32 Å². The first-order chi connectivity index (χ1) is 8.13. The Bertz CT molecular complexity index is 397. The number of thiocarbonyl (C=S) groups is 1. The van der Waals surface area contributed by atoms with E-state index in [1.807, 2.05) is 0 Å². The molecule has 92 valence electrons. The summed E-state index contributed by atoms with van der Waals surface area (Å²) in [5, 5.41) is 8.24. The summed E-state index contributed by atoms with van der Waals surface area (Å²) in [7, 11) is 0. The Morgan fingerprint density at radius 1 is 1.12 bits per heavy atom. The molecule has 1 aliphatic rings. The Morgan fingerprint density at radius 2 is 1.71 bits per heavy atom. The molecule has 0 amide bonds. The van der Waals surface area contributed by atoms with E-state index >= 15 is 0 Å². The number of hydrogen-bond donors (Lipinski definition) is 2. The van der Waals surface area contributed by atoms with E-state index in [2.05, 4.69) is 10.6 Å². The molecular formula is C12H14Cl2N2S. The lowest BCUT2D eigenvalue weighted by Crippen LogP contribution is -2.35. The quantitative estimate of drug-likeness (QED) is 0.797. The van der Waals surface area contributed by atoms with Crippen LogP contribution in [-0.2, 0) is 0 Å². The lowest BCUT2D eigenvalue weighted by atomic mass is 10.2. The maximum atomic E-state index is 5.92. The first kappa shape index (κ1) is 12.9. The summed E-state index contributed by atoms with van der Waals surface area (Å²) in [6, 6.07) is 5.80. The second kappa shape index (κ2) is 5.89. The predicted octanol–water partition coefficient (Wildman–Crippen LogP) is 4.22. The van der Waals surface area contributed by atoms with Gasteiger partial charge >= 0.3 is 0 Å². The monoisotopic (exact) mass is 288 g/mol. The molecule has 5 heteroatoms. The summed E-state index contributed by atoms with van der Waals surface area (Å²) in [4.78, 5) is 0. The molecule has 2 nitrogen and oxygen atoms in total.